The van der Waals surface area contributed by atoms with Gasteiger partial charge in [0.05, 0.1) is 19.8 Å². The number of hydrogen-bond donors (Lipinski definition) is 0. The van der Waals surface area contributed by atoms with E-state index >= 15 is 0 Å². The van der Waals surface area contributed by atoms with E-state index in [0.717, 1.165) is 13.0 Å². The topological polar surface area (TPSA) is 71.1 Å². The van der Waals surface area contributed by atoms with Gasteiger partial charge in [0.25, 0.3) is 0 Å². The first-order chi connectivity index (χ1) is 13.4. The van der Waals surface area contributed by atoms with Gasteiger partial charge >= 0.3 is 12.1 Å². The quantitative estimate of drug-likeness (QED) is 0.253. The van der Waals surface area contributed by atoms with Crippen LogP contribution < -0.4 is 0 Å². The van der Waals surface area contributed by atoms with E-state index in [0.29, 0.717) is 32.7 Å². The Labute approximate surface area is 171 Å². The van der Waals surface area contributed by atoms with Crippen molar-refractivity contribution in [2.45, 2.75) is 47.0 Å². The molecule has 0 aromatic heterocycles. The highest BCUT2D eigenvalue weighted by Crippen LogP contribution is 1.91. The zero-order valence-corrected chi connectivity index (χ0v) is 18.2. The van der Waals surface area contributed by atoms with E-state index in [1.807, 2.05) is 13.0 Å². The maximum absolute atomic E-state index is 10.5. The fourth-order valence-corrected chi connectivity index (χ4v) is 0.941. The normalized spacial score (nSPS) is 8.00. The lowest BCUT2D eigenvalue weighted by molar-refractivity contribution is -0.143. The van der Waals surface area contributed by atoms with Gasteiger partial charge in [0.1, 0.15) is 6.61 Å². The SMILES string of the molecule is C=CCC.C=CCCC(=O)OCC.C=CCOC(=O)OCC.C=CCOCC. The number of carbonyl (C=O) groups excluding carboxylic acids is 2. The smallest absolute Gasteiger partial charge is 0.466 e. The van der Waals surface area contributed by atoms with Gasteiger partial charge in [-0.25, -0.2) is 4.79 Å². The van der Waals surface area contributed by atoms with Gasteiger partial charge in [-0.15, -0.1) is 19.7 Å². The Balaban J connectivity index is -0.000000143. The van der Waals surface area contributed by atoms with Gasteiger partial charge < -0.3 is 18.9 Å². The van der Waals surface area contributed by atoms with Gasteiger partial charge in [0.15, 0.2) is 0 Å². The molecule has 0 heterocycles. The summed E-state index contributed by atoms with van der Waals surface area (Å²) in [7, 11) is 0. The Morgan fingerprint density at radius 3 is 1.57 bits per heavy atom. The molecule has 0 N–H and O–H groups in total. The van der Waals surface area contributed by atoms with Crippen LogP contribution in [0.5, 0.6) is 0 Å². The minimum Gasteiger partial charge on any atom is -0.466 e. The standard InChI is InChI=1S/C7H12O2.C6H10O3.C5H10O.C4H8/c1-3-5-6-7(8)9-4-2;1-3-5-9-6(7)8-4-2;1-3-5-6-4-2;1-3-4-2/h3H,1,4-6H2,2H3;3H,1,4-5H2,2H3;3H,1,4-5H2,2H3;3H,1,4H2,2H3. The largest absolute Gasteiger partial charge is 0.508 e. The van der Waals surface area contributed by atoms with Crippen molar-refractivity contribution in [1.29, 1.82) is 0 Å². The van der Waals surface area contributed by atoms with Crippen LogP contribution >= 0.6 is 0 Å². The Morgan fingerprint density at radius 1 is 0.714 bits per heavy atom. The van der Waals surface area contributed by atoms with Crippen molar-refractivity contribution in [2.75, 3.05) is 33.0 Å². The van der Waals surface area contributed by atoms with E-state index in [4.69, 9.17) is 4.74 Å². The molecule has 6 heteroatoms. The summed E-state index contributed by atoms with van der Waals surface area (Å²) >= 11 is 0. The van der Waals surface area contributed by atoms with E-state index < -0.39 is 6.16 Å². The van der Waals surface area contributed by atoms with Crippen LogP contribution in [0.15, 0.2) is 50.6 Å². The Kier molecular flexibility index (Phi) is 42.4. The predicted molar refractivity (Wildman–Crippen MR) is 116 cm³/mol. The number of ether oxygens (including phenoxy) is 4. The van der Waals surface area contributed by atoms with E-state index in [9.17, 15) is 9.59 Å². The summed E-state index contributed by atoms with van der Waals surface area (Å²) in [6, 6.07) is 0. The van der Waals surface area contributed by atoms with E-state index in [1.54, 1.807) is 26.0 Å². The summed E-state index contributed by atoms with van der Waals surface area (Å²) in [6.45, 7) is 23.8. The predicted octanol–water partition coefficient (Wildman–Crippen LogP) is 5.65. The second-order valence-electron chi connectivity index (χ2n) is 4.56. The second kappa shape index (κ2) is 35.7. The van der Waals surface area contributed by atoms with Gasteiger partial charge in [-0.1, -0.05) is 37.8 Å². The van der Waals surface area contributed by atoms with Gasteiger partial charge in [0.2, 0.25) is 0 Å². The van der Waals surface area contributed by atoms with Crippen molar-refractivity contribution in [3.63, 3.8) is 0 Å². The first-order valence-electron chi connectivity index (χ1n) is 9.41. The van der Waals surface area contributed by atoms with Crippen molar-refractivity contribution in [2.24, 2.45) is 0 Å². The fraction of sp³-hybridized carbons (Fsp3) is 0.545. The molecule has 0 spiro atoms. The highest BCUT2D eigenvalue weighted by atomic mass is 16.7. The molecule has 0 atom stereocenters. The van der Waals surface area contributed by atoms with Crippen molar-refractivity contribution >= 4 is 12.1 Å². The second-order valence-corrected chi connectivity index (χ2v) is 4.56. The summed E-state index contributed by atoms with van der Waals surface area (Å²) in [5, 5.41) is 0. The molecule has 0 aromatic carbocycles. The molecule has 0 aliphatic heterocycles. The third-order valence-electron chi connectivity index (χ3n) is 2.17. The molecule has 0 aliphatic carbocycles. The summed E-state index contributed by atoms with van der Waals surface area (Å²) in [5.41, 5.74) is 0. The zero-order valence-electron chi connectivity index (χ0n) is 18.2. The molecule has 0 radical (unpaired) electrons. The van der Waals surface area contributed by atoms with Crippen LogP contribution in [0.1, 0.15) is 47.0 Å². The molecule has 0 aliphatic rings. The average Bonchev–Trinajstić information content (AvgIpc) is 2.70. The van der Waals surface area contributed by atoms with Crippen LogP contribution in [0.4, 0.5) is 4.79 Å². The molecule has 164 valence electrons. The molecular weight excluding hydrogens is 360 g/mol. The highest BCUT2D eigenvalue weighted by Gasteiger charge is 1.97. The third kappa shape index (κ3) is 49.5. The Bertz CT molecular complexity index is 351. The average molecular weight is 401 g/mol. The van der Waals surface area contributed by atoms with Crippen LogP contribution in [0, 0.1) is 0 Å². The maximum atomic E-state index is 10.5. The number of carbonyl (C=O) groups is 2. The van der Waals surface area contributed by atoms with E-state index in [-0.39, 0.29) is 12.6 Å². The number of rotatable bonds is 11. The van der Waals surface area contributed by atoms with Crippen LogP contribution in [0.2, 0.25) is 0 Å². The monoisotopic (exact) mass is 400 g/mol. The van der Waals surface area contributed by atoms with E-state index in [2.05, 4.69) is 47.5 Å². The Morgan fingerprint density at radius 2 is 1.25 bits per heavy atom. The van der Waals surface area contributed by atoms with Crippen LogP contribution in [-0.4, -0.2) is 45.2 Å². The summed E-state index contributed by atoms with van der Waals surface area (Å²) in [4.78, 5) is 20.8. The lowest BCUT2D eigenvalue weighted by Gasteiger charge is -1.99. The summed E-state index contributed by atoms with van der Waals surface area (Å²) in [6.07, 6.45) is 8.41. The van der Waals surface area contributed by atoms with E-state index in [1.165, 1.54) is 6.08 Å². The minimum atomic E-state index is -0.641. The van der Waals surface area contributed by atoms with Crippen LogP contribution in [-0.2, 0) is 23.7 Å². The minimum absolute atomic E-state index is 0.141. The highest BCUT2D eigenvalue weighted by molar-refractivity contribution is 5.69. The van der Waals surface area contributed by atoms with Gasteiger partial charge in [-0.05, 0) is 33.6 Å². The lowest BCUT2D eigenvalue weighted by Crippen LogP contribution is -2.06. The molecule has 0 amide bonds. The molecule has 0 saturated heterocycles. The van der Waals surface area contributed by atoms with Crippen molar-refractivity contribution in [3.8, 4) is 0 Å². The molecule has 6 nitrogen and oxygen atoms in total. The molecule has 0 aromatic rings. The van der Waals surface area contributed by atoms with Crippen molar-refractivity contribution in [1.82, 2.24) is 0 Å². The first kappa shape index (κ1) is 33.3. The third-order valence-corrected chi connectivity index (χ3v) is 2.17. The van der Waals surface area contributed by atoms with Gasteiger partial charge in [0, 0.05) is 13.0 Å². The van der Waals surface area contributed by atoms with Crippen molar-refractivity contribution < 1.29 is 28.5 Å². The lowest BCUT2D eigenvalue weighted by atomic mass is 10.3. The summed E-state index contributed by atoms with van der Waals surface area (Å²) in [5.74, 6) is -0.141. The molecule has 0 bridgehead atoms. The molecule has 0 unspecified atom stereocenters. The zero-order chi connectivity index (χ0) is 22.5. The molecule has 28 heavy (non-hydrogen) atoms. The Hall–Kier alpha value is -2.34. The number of esters is 1. The molecule has 0 rings (SSSR count). The van der Waals surface area contributed by atoms with Crippen LogP contribution in [0.3, 0.4) is 0 Å². The molecule has 0 fully saturated rings. The molecule has 0 saturated carbocycles. The first-order valence-corrected chi connectivity index (χ1v) is 9.41. The fourth-order valence-electron chi connectivity index (χ4n) is 0.941. The van der Waals surface area contributed by atoms with Crippen molar-refractivity contribution in [3.05, 3.63) is 50.6 Å². The maximum Gasteiger partial charge on any atom is 0.508 e. The van der Waals surface area contributed by atoms with Gasteiger partial charge in [-0.3, -0.25) is 4.79 Å². The molecular formula is C22H40O6. The number of allylic oxidation sites excluding steroid dienone is 2. The van der Waals surface area contributed by atoms with Gasteiger partial charge in [-0.2, -0.15) is 0 Å². The summed E-state index contributed by atoms with van der Waals surface area (Å²) < 4.78 is 18.4. The van der Waals surface area contributed by atoms with Crippen LogP contribution in [0.25, 0.3) is 0 Å². The number of hydrogen-bond acceptors (Lipinski definition) is 6.